The van der Waals surface area contributed by atoms with Crippen molar-refractivity contribution in [1.82, 2.24) is 14.7 Å². The van der Waals surface area contributed by atoms with Gasteiger partial charge in [0.15, 0.2) is 0 Å². The number of rotatable bonds is 5. The first-order chi connectivity index (χ1) is 10.5. The highest BCUT2D eigenvalue weighted by Gasteiger charge is 2.23. The number of carbonyl (C=O) groups excluding carboxylic acids is 1. The maximum atomic E-state index is 13.6. The lowest BCUT2D eigenvalue weighted by Gasteiger charge is -2.36. The summed E-state index contributed by atoms with van der Waals surface area (Å²) in [4.78, 5) is 17.7. The van der Waals surface area contributed by atoms with E-state index in [4.69, 9.17) is 0 Å². The number of halogens is 1. The van der Waals surface area contributed by atoms with E-state index in [-0.39, 0.29) is 11.7 Å². The number of likely N-dealkylation sites (N-methyl/N-ethyl adjacent to an activating group) is 1. The highest BCUT2D eigenvalue weighted by molar-refractivity contribution is 5.78. The second-order valence-corrected chi connectivity index (χ2v) is 5.96. The van der Waals surface area contributed by atoms with Crippen LogP contribution in [-0.4, -0.2) is 79.1 Å². The highest BCUT2D eigenvalue weighted by atomic mass is 19.1. The third-order valence-corrected chi connectivity index (χ3v) is 3.87. The molecule has 5 nitrogen and oxygen atoms in total. The first-order valence-corrected chi connectivity index (χ1v) is 7.54. The van der Waals surface area contributed by atoms with Crippen LogP contribution in [0.1, 0.15) is 11.7 Å². The van der Waals surface area contributed by atoms with E-state index in [2.05, 4.69) is 4.90 Å². The van der Waals surface area contributed by atoms with Crippen molar-refractivity contribution in [3.63, 3.8) is 0 Å². The van der Waals surface area contributed by atoms with Crippen LogP contribution in [0.25, 0.3) is 0 Å². The minimum Gasteiger partial charge on any atom is -0.387 e. The molecule has 22 heavy (non-hydrogen) atoms. The summed E-state index contributed by atoms with van der Waals surface area (Å²) in [6.45, 7) is 3.50. The fourth-order valence-corrected chi connectivity index (χ4v) is 2.64. The van der Waals surface area contributed by atoms with Gasteiger partial charge in [0.25, 0.3) is 0 Å². The van der Waals surface area contributed by atoms with Crippen molar-refractivity contribution in [3.8, 4) is 0 Å². The Balaban J connectivity index is 1.82. The second kappa shape index (κ2) is 7.67. The summed E-state index contributed by atoms with van der Waals surface area (Å²) in [5, 5.41) is 10.2. The van der Waals surface area contributed by atoms with Crippen LogP contribution in [-0.2, 0) is 4.79 Å². The van der Waals surface area contributed by atoms with E-state index in [9.17, 15) is 14.3 Å². The number of hydrogen-bond donors (Lipinski definition) is 1. The zero-order valence-electron chi connectivity index (χ0n) is 13.2. The van der Waals surface area contributed by atoms with Gasteiger partial charge in [-0.2, -0.15) is 0 Å². The molecule has 0 unspecified atom stereocenters. The van der Waals surface area contributed by atoms with Crippen molar-refractivity contribution in [2.45, 2.75) is 6.10 Å². The van der Waals surface area contributed by atoms with Crippen LogP contribution in [0.2, 0.25) is 0 Å². The number of aliphatic hydroxyl groups is 1. The molecule has 1 aliphatic rings. The van der Waals surface area contributed by atoms with Gasteiger partial charge in [0, 0.05) is 38.3 Å². The third kappa shape index (κ3) is 4.50. The molecule has 0 aromatic heterocycles. The van der Waals surface area contributed by atoms with E-state index < -0.39 is 6.10 Å². The van der Waals surface area contributed by atoms with Crippen LogP contribution in [0.5, 0.6) is 0 Å². The first-order valence-electron chi connectivity index (χ1n) is 7.54. The fraction of sp³-hybridized carbons (Fsp3) is 0.562. The Kier molecular flexibility index (Phi) is 5.88. The zero-order valence-corrected chi connectivity index (χ0v) is 13.2. The largest absolute Gasteiger partial charge is 0.387 e. The number of piperazine rings is 1. The van der Waals surface area contributed by atoms with Crippen molar-refractivity contribution < 1.29 is 14.3 Å². The van der Waals surface area contributed by atoms with E-state index in [0.717, 1.165) is 0 Å². The lowest BCUT2D eigenvalue weighted by Crippen LogP contribution is -2.51. The molecule has 1 aromatic rings. The smallest absolute Gasteiger partial charge is 0.236 e. The average Bonchev–Trinajstić information content (AvgIpc) is 2.47. The molecule has 2 rings (SSSR count). The predicted octanol–water partition coefficient (Wildman–Crippen LogP) is 0.565. The summed E-state index contributed by atoms with van der Waals surface area (Å²) >= 11 is 0. The standard InChI is InChI=1S/C16H24FN3O2/c1-18(2)12-16(22)20-9-7-19(8-10-20)11-15(21)13-5-3-4-6-14(13)17/h3-6,15,21H,7-12H2,1-2H3/t15-/m1/s1. The van der Waals surface area contributed by atoms with Crippen LogP contribution in [0.4, 0.5) is 4.39 Å². The number of β-amino-alcohol motifs (C(OH)–C–C–N with tert-alkyl or cyclic N) is 1. The number of hydrogen-bond acceptors (Lipinski definition) is 4. The van der Waals surface area contributed by atoms with Gasteiger partial charge in [0.1, 0.15) is 5.82 Å². The monoisotopic (exact) mass is 309 g/mol. The molecule has 1 saturated heterocycles. The molecule has 1 atom stereocenters. The molecule has 0 spiro atoms. The Morgan fingerprint density at radius 1 is 1.27 bits per heavy atom. The van der Waals surface area contributed by atoms with Crippen LogP contribution < -0.4 is 0 Å². The molecule has 1 amide bonds. The van der Waals surface area contributed by atoms with E-state index in [1.807, 2.05) is 23.9 Å². The minimum absolute atomic E-state index is 0.124. The van der Waals surface area contributed by atoms with Gasteiger partial charge in [0.05, 0.1) is 12.6 Å². The van der Waals surface area contributed by atoms with E-state index in [1.54, 1.807) is 18.2 Å². The van der Waals surface area contributed by atoms with Crippen molar-refractivity contribution in [1.29, 1.82) is 0 Å². The minimum atomic E-state index is -0.842. The van der Waals surface area contributed by atoms with Crippen LogP contribution >= 0.6 is 0 Å². The van der Waals surface area contributed by atoms with Crippen molar-refractivity contribution in [2.75, 3.05) is 53.4 Å². The maximum Gasteiger partial charge on any atom is 0.236 e. The molecule has 1 aromatic carbocycles. The van der Waals surface area contributed by atoms with E-state index >= 15 is 0 Å². The molecule has 122 valence electrons. The Labute approximate surface area is 130 Å². The van der Waals surface area contributed by atoms with Gasteiger partial charge in [0.2, 0.25) is 5.91 Å². The van der Waals surface area contributed by atoms with Gasteiger partial charge in [-0.3, -0.25) is 9.69 Å². The average molecular weight is 309 g/mol. The lowest BCUT2D eigenvalue weighted by atomic mass is 10.1. The lowest BCUT2D eigenvalue weighted by molar-refractivity contribution is -0.133. The number of carbonyl (C=O) groups is 1. The molecule has 0 aliphatic carbocycles. The molecule has 0 saturated carbocycles. The normalized spacial score (nSPS) is 17.8. The topological polar surface area (TPSA) is 47.0 Å². The van der Waals surface area contributed by atoms with E-state index in [0.29, 0.717) is 44.8 Å². The third-order valence-electron chi connectivity index (χ3n) is 3.87. The Bertz CT molecular complexity index is 502. The van der Waals surface area contributed by atoms with Gasteiger partial charge in [-0.15, -0.1) is 0 Å². The van der Waals surface area contributed by atoms with Gasteiger partial charge in [-0.05, 0) is 20.2 Å². The molecule has 1 heterocycles. The summed E-state index contributed by atoms with van der Waals surface area (Å²) in [7, 11) is 3.75. The fourth-order valence-electron chi connectivity index (χ4n) is 2.64. The molecule has 1 aliphatic heterocycles. The van der Waals surface area contributed by atoms with Crippen molar-refractivity contribution in [2.24, 2.45) is 0 Å². The summed E-state index contributed by atoms with van der Waals surface area (Å²) in [5.74, 6) is -0.255. The van der Waals surface area contributed by atoms with Crippen LogP contribution in [0, 0.1) is 5.82 Å². The van der Waals surface area contributed by atoms with Gasteiger partial charge >= 0.3 is 0 Å². The van der Waals surface area contributed by atoms with Gasteiger partial charge in [-0.1, -0.05) is 18.2 Å². The molecule has 1 fully saturated rings. The summed E-state index contributed by atoms with van der Waals surface area (Å²) in [6.07, 6.45) is -0.842. The van der Waals surface area contributed by atoms with Crippen molar-refractivity contribution in [3.05, 3.63) is 35.6 Å². The number of aliphatic hydroxyl groups excluding tert-OH is 1. The summed E-state index contributed by atoms with van der Waals surface area (Å²) in [6, 6.07) is 6.30. The Morgan fingerprint density at radius 3 is 2.50 bits per heavy atom. The molecule has 0 bridgehead atoms. The zero-order chi connectivity index (χ0) is 16.1. The predicted molar refractivity (Wildman–Crippen MR) is 82.9 cm³/mol. The second-order valence-electron chi connectivity index (χ2n) is 5.96. The van der Waals surface area contributed by atoms with E-state index in [1.165, 1.54) is 6.07 Å². The summed E-state index contributed by atoms with van der Waals surface area (Å²) < 4.78 is 13.6. The SMILES string of the molecule is CN(C)CC(=O)N1CCN(C[C@@H](O)c2ccccc2F)CC1. The number of benzene rings is 1. The van der Waals surface area contributed by atoms with Gasteiger partial charge < -0.3 is 14.9 Å². The Morgan fingerprint density at radius 2 is 1.91 bits per heavy atom. The van der Waals surface area contributed by atoms with Crippen LogP contribution in [0.3, 0.4) is 0 Å². The molecule has 0 radical (unpaired) electrons. The number of amides is 1. The Hall–Kier alpha value is -1.50. The van der Waals surface area contributed by atoms with Crippen LogP contribution in [0.15, 0.2) is 24.3 Å². The number of nitrogens with zero attached hydrogens (tertiary/aromatic N) is 3. The summed E-state index contributed by atoms with van der Waals surface area (Å²) in [5.41, 5.74) is 0.327. The molecule has 1 N–H and O–H groups in total. The molecule has 6 heteroatoms. The highest BCUT2D eigenvalue weighted by Crippen LogP contribution is 2.18. The molecular formula is C16H24FN3O2. The maximum absolute atomic E-state index is 13.6. The van der Waals surface area contributed by atoms with Gasteiger partial charge in [-0.25, -0.2) is 4.39 Å². The molecular weight excluding hydrogens is 285 g/mol. The quantitative estimate of drug-likeness (QED) is 0.864. The van der Waals surface area contributed by atoms with Crippen molar-refractivity contribution >= 4 is 5.91 Å². The first kappa shape index (κ1) is 16.9.